The van der Waals surface area contributed by atoms with Gasteiger partial charge >= 0.3 is 69.5 Å². The van der Waals surface area contributed by atoms with Crippen LogP contribution in [0.2, 0.25) is 8.87 Å². The molecule has 0 heterocycles. The van der Waals surface area contributed by atoms with Crippen molar-refractivity contribution in [3.8, 4) is 0 Å². The van der Waals surface area contributed by atoms with Gasteiger partial charge in [0.2, 0.25) is 0 Å². The fourth-order valence-electron chi connectivity index (χ4n) is 0.729. The van der Waals surface area contributed by atoms with Crippen LogP contribution in [0.5, 0.6) is 0 Å². The van der Waals surface area contributed by atoms with Crippen molar-refractivity contribution in [1.82, 2.24) is 0 Å². The average molecular weight is 325 g/mol. The van der Waals surface area contributed by atoms with Crippen molar-refractivity contribution in [3.63, 3.8) is 0 Å². The molecule has 0 atom stereocenters. The molecule has 0 rings (SSSR count). The van der Waals surface area contributed by atoms with E-state index in [9.17, 15) is 0 Å². The van der Waals surface area contributed by atoms with E-state index >= 15 is 0 Å². The predicted octanol–water partition coefficient (Wildman–Crippen LogP) is 2.53. The van der Waals surface area contributed by atoms with Gasteiger partial charge in [0.25, 0.3) is 12.9 Å². The average Bonchev–Trinajstić information content (AvgIpc) is 2.20. The Morgan fingerprint density at radius 2 is 1.20 bits per heavy atom. The first-order valence-corrected chi connectivity index (χ1v) is 9.15. The summed E-state index contributed by atoms with van der Waals surface area (Å²) in [7, 11) is 0. The zero-order valence-electron chi connectivity index (χ0n) is 9.61. The first-order valence-electron chi connectivity index (χ1n) is 5.11. The summed E-state index contributed by atoms with van der Waals surface area (Å²) < 4.78 is 3.25. The number of hydrogen-bond acceptors (Lipinski definition) is 2. The molecule has 0 bridgehead atoms. The minimum atomic E-state index is -0.250. The van der Waals surface area contributed by atoms with Crippen molar-refractivity contribution in [2.75, 3.05) is 0 Å². The summed E-state index contributed by atoms with van der Waals surface area (Å²) in [5.74, 6) is 0. The third-order valence-electron chi connectivity index (χ3n) is 1.41. The molecular weight excluding hydrogens is 303 g/mol. The van der Waals surface area contributed by atoms with Crippen LogP contribution in [-0.2, 0) is 9.59 Å². The number of unbranched alkanes of at least 4 members (excludes halogenated alkanes) is 2. The molecule has 2 N–H and O–H groups in total. The maximum Gasteiger partial charge on any atom is 0.290 e. The molecule has 15 heavy (non-hydrogen) atoms. The quantitative estimate of drug-likeness (QED) is 0.447. The van der Waals surface area contributed by atoms with Gasteiger partial charge in [-0.25, -0.2) is 0 Å². The third-order valence-corrected chi connectivity index (χ3v) is 5.45. The summed E-state index contributed by atoms with van der Waals surface area (Å²) in [6, 6.07) is 0. The van der Waals surface area contributed by atoms with Gasteiger partial charge in [0, 0.05) is 0 Å². The van der Waals surface area contributed by atoms with Crippen LogP contribution in [0, 0.1) is 0 Å². The van der Waals surface area contributed by atoms with E-state index in [0.29, 0.717) is 0 Å². The van der Waals surface area contributed by atoms with Crippen molar-refractivity contribution in [2.45, 2.75) is 48.4 Å². The summed E-state index contributed by atoms with van der Waals surface area (Å²) >= 11 is 0.149. The van der Waals surface area contributed by atoms with Gasteiger partial charge in [0.15, 0.2) is 0 Å². The van der Waals surface area contributed by atoms with Gasteiger partial charge in [-0.3, -0.25) is 9.59 Å². The first-order chi connectivity index (χ1) is 7.24. The van der Waals surface area contributed by atoms with Crippen LogP contribution in [0.1, 0.15) is 39.5 Å². The molecule has 0 unspecified atom stereocenters. The Balaban J connectivity index is -0.000000200. The van der Waals surface area contributed by atoms with E-state index in [2.05, 4.69) is 13.8 Å². The van der Waals surface area contributed by atoms with Crippen LogP contribution in [0.15, 0.2) is 0 Å². The zero-order chi connectivity index (χ0) is 12.4. The van der Waals surface area contributed by atoms with Crippen molar-refractivity contribution >= 4 is 34.1 Å². The van der Waals surface area contributed by atoms with Gasteiger partial charge in [-0.05, 0) is 0 Å². The Hall–Kier alpha value is -0.261. The van der Waals surface area contributed by atoms with E-state index in [1.807, 2.05) is 0 Å². The van der Waals surface area contributed by atoms with Crippen LogP contribution < -0.4 is 0 Å². The number of hydrogen-bond donors (Lipinski definition) is 2. The molecule has 0 aliphatic rings. The van der Waals surface area contributed by atoms with Gasteiger partial charge in [0.05, 0.1) is 0 Å². The van der Waals surface area contributed by atoms with Gasteiger partial charge in [-0.15, -0.1) is 0 Å². The zero-order valence-corrected chi connectivity index (χ0v) is 12.5. The van der Waals surface area contributed by atoms with Crippen LogP contribution in [-0.4, -0.2) is 44.3 Å². The minimum Gasteiger partial charge on any atom is -0.483 e. The molecule has 0 aliphatic carbocycles. The van der Waals surface area contributed by atoms with E-state index in [-0.39, 0.29) is 34.1 Å². The second-order valence-electron chi connectivity index (χ2n) is 2.67. The Morgan fingerprint density at radius 3 is 1.40 bits per heavy atom. The van der Waals surface area contributed by atoms with Gasteiger partial charge in [-0.1, -0.05) is 0 Å². The summed E-state index contributed by atoms with van der Waals surface area (Å²) in [6.07, 6.45) is 5.84. The van der Waals surface area contributed by atoms with E-state index in [4.69, 9.17) is 19.8 Å². The number of carbonyl (C=O) groups is 2. The summed E-state index contributed by atoms with van der Waals surface area (Å²) in [5.41, 5.74) is 0. The largest absolute Gasteiger partial charge is 0.483 e. The van der Waals surface area contributed by atoms with Crippen LogP contribution in [0.4, 0.5) is 0 Å². The fourth-order valence-corrected chi connectivity index (χ4v) is 4.89. The molecule has 0 aromatic carbocycles. The van der Waals surface area contributed by atoms with E-state index in [0.717, 1.165) is 0 Å². The maximum absolute atomic E-state index is 8.36. The van der Waals surface area contributed by atoms with Gasteiger partial charge in [0.1, 0.15) is 0 Å². The fraction of sp³-hybridized carbons (Fsp3) is 0.800. The molecule has 0 saturated carbocycles. The SMILES string of the molecule is CCC[CH2][Sn][CH2]CCC.O=CO.O=CO. The molecule has 0 amide bonds. The Bertz CT molecular complexity index is 97.6. The van der Waals surface area contributed by atoms with E-state index < -0.39 is 0 Å². The van der Waals surface area contributed by atoms with Crippen molar-refractivity contribution in [1.29, 1.82) is 0 Å². The van der Waals surface area contributed by atoms with E-state index in [1.54, 1.807) is 8.87 Å². The smallest absolute Gasteiger partial charge is 0.290 e. The third kappa shape index (κ3) is 57.5. The van der Waals surface area contributed by atoms with Crippen LogP contribution in [0.3, 0.4) is 0 Å². The molecule has 0 spiro atoms. The molecule has 90 valence electrons. The summed E-state index contributed by atoms with van der Waals surface area (Å²) in [4.78, 5) is 16.7. The van der Waals surface area contributed by atoms with Crippen molar-refractivity contribution in [3.05, 3.63) is 0 Å². The van der Waals surface area contributed by atoms with Crippen LogP contribution in [0.25, 0.3) is 0 Å². The summed E-state index contributed by atoms with van der Waals surface area (Å²) in [5, 5.41) is 13.8. The molecule has 0 aromatic rings. The van der Waals surface area contributed by atoms with Gasteiger partial charge < -0.3 is 10.2 Å². The van der Waals surface area contributed by atoms with Crippen LogP contribution >= 0.6 is 0 Å². The molecule has 0 aromatic heterocycles. The second kappa shape index (κ2) is 29.2. The molecule has 4 nitrogen and oxygen atoms in total. The summed E-state index contributed by atoms with van der Waals surface area (Å²) in [6.45, 7) is 4.08. The topological polar surface area (TPSA) is 74.6 Å². The normalized spacial score (nSPS) is 7.60. The van der Waals surface area contributed by atoms with Crippen molar-refractivity contribution < 1.29 is 19.8 Å². The molecule has 0 fully saturated rings. The molecule has 2 radical (unpaired) electrons. The predicted molar refractivity (Wildman–Crippen MR) is 62.6 cm³/mol. The minimum absolute atomic E-state index is 0.149. The first kappa shape index (κ1) is 20.2. The molecule has 5 heteroatoms. The Morgan fingerprint density at radius 1 is 0.933 bits per heavy atom. The Kier molecular flexibility index (Phi) is 39.3. The monoisotopic (exact) mass is 326 g/mol. The maximum atomic E-state index is 8.36. The molecule has 0 aliphatic heterocycles. The van der Waals surface area contributed by atoms with E-state index in [1.165, 1.54) is 25.7 Å². The van der Waals surface area contributed by atoms with Gasteiger partial charge in [-0.2, -0.15) is 0 Å². The number of rotatable bonds is 6. The molecule has 0 saturated heterocycles. The Labute approximate surface area is 102 Å². The standard InChI is InChI=1S/2C4H9.2CH2O2.Sn/c2*1-3-4-2;2*2-1-3;/h2*1,3-4H2,2H3;2*1H,(H,2,3);. The second-order valence-corrected chi connectivity index (χ2v) is 6.95. The van der Waals surface area contributed by atoms with Crippen molar-refractivity contribution in [2.24, 2.45) is 0 Å². The molecular formula is C10H22O4Sn. The number of carboxylic acid groups (broad SMARTS) is 2.